The Balaban J connectivity index is 0.000000202. The minimum absolute atomic E-state index is 0.775. The van der Waals surface area contributed by atoms with Crippen LogP contribution in [0.15, 0.2) is 0 Å². The first-order valence-electron chi connectivity index (χ1n) is 4.73. The van der Waals surface area contributed by atoms with Gasteiger partial charge in [0.25, 0.3) is 0 Å². The molecule has 74 valence electrons. The van der Waals surface area contributed by atoms with Gasteiger partial charge in [0.1, 0.15) is 0 Å². The molecular formula is C8H22N4. The zero-order valence-electron chi connectivity index (χ0n) is 7.81. The third-order valence-corrected chi connectivity index (χ3v) is 1.62. The van der Waals surface area contributed by atoms with E-state index in [1.54, 1.807) is 0 Å². The summed E-state index contributed by atoms with van der Waals surface area (Å²) in [6, 6.07) is 0. The fourth-order valence-corrected chi connectivity index (χ4v) is 0.892. The highest BCUT2D eigenvalue weighted by Crippen LogP contribution is 1.77. The molecule has 0 aromatic carbocycles. The summed E-state index contributed by atoms with van der Waals surface area (Å²) in [5, 5.41) is 6.44. The molecule has 6 N–H and O–H groups in total. The molecule has 1 aliphatic heterocycles. The van der Waals surface area contributed by atoms with Gasteiger partial charge >= 0.3 is 0 Å². The highest BCUT2D eigenvalue weighted by Gasteiger charge is 1.91. The normalized spacial score (nSPS) is 16.5. The van der Waals surface area contributed by atoms with Crippen molar-refractivity contribution in [1.29, 1.82) is 0 Å². The molecular weight excluding hydrogens is 152 g/mol. The van der Waals surface area contributed by atoms with Crippen LogP contribution in [-0.2, 0) is 0 Å². The van der Waals surface area contributed by atoms with Crippen molar-refractivity contribution < 1.29 is 0 Å². The van der Waals surface area contributed by atoms with E-state index >= 15 is 0 Å². The topological polar surface area (TPSA) is 76.1 Å². The molecule has 12 heavy (non-hydrogen) atoms. The maximum Gasteiger partial charge on any atom is 0.00772 e. The monoisotopic (exact) mass is 174 g/mol. The van der Waals surface area contributed by atoms with Gasteiger partial charge in [-0.25, -0.2) is 0 Å². The number of unbranched alkanes of at least 4 members (excludes halogenated alkanes) is 1. The van der Waals surface area contributed by atoms with Crippen LogP contribution in [-0.4, -0.2) is 39.3 Å². The number of rotatable bonds is 3. The molecule has 0 aliphatic carbocycles. The first kappa shape index (κ1) is 11.8. The van der Waals surface area contributed by atoms with E-state index in [1.165, 1.54) is 0 Å². The van der Waals surface area contributed by atoms with E-state index in [4.69, 9.17) is 11.5 Å². The molecule has 1 saturated heterocycles. The smallest absolute Gasteiger partial charge is 0.00772 e. The molecule has 0 aromatic rings. The lowest BCUT2D eigenvalue weighted by Gasteiger charge is -2.11. The third kappa shape index (κ3) is 9.84. The van der Waals surface area contributed by atoms with Crippen LogP contribution in [0.5, 0.6) is 0 Å². The van der Waals surface area contributed by atoms with Gasteiger partial charge in [-0.15, -0.1) is 0 Å². The van der Waals surface area contributed by atoms with Crippen molar-refractivity contribution in [3.63, 3.8) is 0 Å². The molecule has 0 atom stereocenters. The summed E-state index contributed by atoms with van der Waals surface area (Å²) in [6.07, 6.45) is 2.13. The fourth-order valence-electron chi connectivity index (χ4n) is 0.892. The second-order valence-electron chi connectivity index (χ2n) is 2.78. The first-order chi connectivity index (χ1) is 5.91. The van der Waals surface area contributed by atoms with E-state index in [9.17, 15) is 0 Å². The zero-order valence-corrected chi connectivity index (χ0v) is 7.81. The van der Waals surface area contributed by atoms with Gasteiger partial charge < -0.3 is 22.1 Å². The summed E-state index contributed by atoms with van der Waals surface area (Å²) in [5.74, 6) is 0. The molecule has 0 unspecified atom stereocenters. The Morgan fingerprint density at radius 3 is 1.25 bits per heavy atom. The van der Waals surface area contributed by atoms with Crippen molar-refractivity contribution >= 4 is 0 Å². The molecule has 0 radical (unpaired) electrons. The van der Waals surface area contributed by atoms with Crippen LogP contribution in [0.2, 0.25) is 0 Å². The summed E-state index contributed by atoms with van der Waals surface area (Å²) in [5.41, 5.74) is 10.3. The Labute approximate surface area is 75.1 Å². The van der Waals surface area contributed by atoms with E-state index in [0.29, 0.717) is 0 Å². The number of nitrogens with one attached hydrogen (secondary N) is 2. The molecule has 1 fully saturated rings. The van der Waals surface area contributed by atoms with Gasteiger partial charge in [0.2, 0.25) is 0 Å². The second kappa shape index (κ2) is 10.8. The van der Waals surface area contributed by atoms with Gasteiger partial charge in [-0.1, -0.05) is 0 Å². The predicted octanol–water partition coefficient (Wildman–Crippen LogP) is -1.14. The number of piperazine rings is 1. The van der Waals surface area contributed by atoms with Gasteiger partial charge in [-0.05, 0) is 25.9 Å². The number of hydrogen-bond acceptors (Lipinski definition) is 4. The average molecular weight is 174 g/mol. The van der Waals surface area contributed by atoms with E-state index in [-0.39, 0.29) is 0 Å². The summed E-state index contributed by atoms with van der Waals surface area (Å²) in [7, 11) is 0. The van der Waals surface area contributed by atoms with Gasteiger partial charge in [-0.2, -0.15) is 0 Å². The summed E-state index contributed by atoms with van der Waals surface area (Å²) in [4.78, 5) is 0. The molecule has 1 rings (SSSR count). The first-order valence-corrected chi connectivity index (χ1v) is 4.73. The molecule has 4 nitrogen and oxygen atoms in total. The standard InChI is InChI=1S/C4H10N2.C4H12N2/c1-2-6-4-3-5-1;5-3-1-2-4-6/h5-6H,1-4H2;1-6H2. The van der Waals surface area contributed by atoms with Gasteiger partial charge in [0.15, 0.2) is 0 Å². The number of hydrogen-bond donors (Lipinski definition) is 4. The molecule has 1 aliphatic rings. The summed E-state index contributed by atoms with van der Waals surface area (Å²) >= 11 is 0. The van der Waals surface area contributed by atoms with Crippen LogP contribution < -0.4 is 22.1 Å². The lowest BCUT2D eigenvalue weighted by atomic mass is 10.3. The van der Waals surface area contributed by atoms with E-state index in [1.807, 2.05) is 0 Å². The van der Waals surface area contributed by atoms with E-state index < -0.39 is 0 Å². The summed E-state index contributed by atoms with van der Waals surface area (Å²) in [6.45, 7) is 6.11. The van der Waals surface area contributed by atoms with E-state index in [2.05, 4.69) is 10.6 Å². The van der Waals surface area contributed by atoms with Gasteiger partial charge in [0, 0.05) is 26.2 Å². The SMILES string of the molecule is C1CNCCN1.NCCCCN. The maximum atomic E-state index is 5.16. The minimum Gasteiger partial charge on any atom is -0.330 e. The van der Waals surface area contributed by atoms with Crippen molar-refractivity contribution in [1.82, 2.24) is 10.6 Å². The van der Waals surface area contributed by atoms with Crippen molar-refractivity contribution in [2.75, 3.05) is 39.3 Å². The molecule has 0 aromatic heterocycles. The molecule has 1 heterocycles. The Morgan fingerprint density at radius 2 is 1.08 bits per heavy atom. The molecule has 0 saturated carbocycles. The van der Waals surface area contributed by atoms with Crippen LogP contribution in [0.4, 0.5) is 0 Å². The minimum atomic E-state index is 0.775. The second-order valence-corrected chi connectivity index (χ2v) is 2.78. The highest BCUT2D eigenvalue weighted by molar-refractivity contribution is 4.59. The lowest BCUT2D eigenvalue weighted by molar-refractivity contribution is 0.534. The van der Waals surface area contributed by atoms with Crippen molar-refractivity contribution in [3.8, 4) is 0 Å². The molecule has 0 amide bonds. The van der Waals surface area contributed by atoms with Gasteiger partial charge in [-0.3, -0.25) is 0 Å². The lowest BCUT2D eigenvalue weighted by Crippen LogP contribution is -2.39. The molecule has 4 heteroatoms. The fraction of sp³-hybridized carbons (Fsp3) is 1.00. The van der Waals surface area contributed by atoms with Crippen molar-refractivity contribution in [2.45, 2.75) is 12.8 Å². The van der Waals surface area contributed by atoms with Crippen LogP contribution in [0.3, 0.4) is 0 Å². The Hall–Kier alpha value is -0.160. The number of nitrogens with two attached hydrogens (primary N) is 2. The molecule has 0 spiro atoms. The van der Waals surface area contributed by atoms with Crippen LogP contribution >= 0.6 is 0 Å². The Kier molecular flexibility index (Phi) is 10.7. The Bertz CT molecular complexity index is 57.9. The quantitative estimate of drug-likeness (QED) is 0.408. The zero-order chi connectivity index (χ0) is 9.07. The summed E-state index contributed by atoms with van der Waals surface area (Å²) < 4.78 is 0. The largest absolute Gasteiger partial charge is 0.330 e. The van der Waals surface area contributed by atoms with Crippen LogP contribution in [0, 0.1) is 0 Å². The van der Waals surface area contributed by atoms with E-state index in [0.717, 1.165) is 52.1 Å². The van der Waals surface area contributed by atoms with Gasteiger partial charge in [0.05, 0.1) is 0 Å². The Morgan fingerprint density at radius 1 is 0.750 bits per heavy atom. The molecule has 0 bridgehead atoms. The predicted molar refractivity (Wildman–Crippen MR) is 53.1 cm³/mol. The third-order valence-electron chi connectivity index (χ3n) is 1.62. The van der Waals surface area contributed by atoms with Crippen LogP contribution in [0.1, 0.15) is 12.8 Å². The maximum absolute atomic E-state index is 5.16. The highest BCUT2D eigenvalue weighted by atomic mass is 15.0. The average Bonchev–Trinajstić information content (AvgIpc) is 2.18. The van der Waals surface area contributed by atoms with Crippen LogP contribution in [0.25, 0.3) is 0 Å². The van der Waals surface area contributed by atoms with Crippen molar-refractivity contribution in [2.24, 2.45) is 11.5 Å². The van der Waals surface area contributed by atoms with Crippen molar-refractivity contribution in [3.05, 3.63) is 0 Å².